The number of carbonyl (C=O) groups is 1. The van der Waals surface area contributed by atoms with E-state index in [9.17, 15) is 13.6 Å². The maximum Gasteiger partial charge on any atom is 0.337 e. The molecule has 1 N–H and O–H groups in total. The molecule has 0 spiro atoms. The number of halogens is 3. The number of benzene rings is 1. The molecule has 13 heavy (non-hydrogen) atoms. The molecule has 0 amide bonds. The number of carboxylic acid groups (broad SMARTS) is 1. The second-order valence-corrected chi connectivity index (χ2v) is 2.75. The first kappa shape index (κ1) is 9.92. The van der Waals surface area contributed by atoms with Crippen LogP contribution in [0, 0.1) is 0 Å². The average molecular weight is 207 g/mol. The summed E-state index contributed by atoms with van der Waals surface area (Å²) < 4.78 is 24.1. The van der Waals surface area contributed by atoms with Crippen molar-refractivity contribution in [2.45, 2.75) is 6.43 Å². The van der Waals surface area contributed by atoms with E-state index in [2.05, 4.69) is 0 Å². The van der Waals surface area contributed by atoms with Crippen LogP contribution in [0.4, 0.5) is 8.78 Å². The van der Waals surface area contributed by atoms with Gasteiger partial charge in [0.05, 0.1) is 10.6 Å². The third-order valence-corrected chi connectivity index (χ3v) is 1.79. The monoisotopic (exact) mass is 206 g/mol. The van der Waals surface area contributed by atoms with E-state index in [1.54, 1.807) is 0 Å². The summed E-state index contributed by atoms with van der Waals surface area (Å²) in [6.45, 7) is 0. The number of rotatable bonds is 2. The third kappa shape index (κ3) is 2.15. The van der Waals surface area contributed by atoms with E-state index < -0.39 is 12.4 Å². The molecule has 0 aliphatic heterocycles. The van der Waals surface area contributed by atoms with E-state index in [0.717, 1.165) is 18.2 Å². The molecule has 70 valence electrons. The summed E-state index contributed by atoms with van der Waals surface area (Å²) in [6.07, 6.45) is -2.64. The Labute approximate surface area is 77.8 Å². The molecule has 0 heterocycles. The van der Waals surface area contributed by atoms with Crippen molar-refractivity contribution in [2.75, 3.05) is 0 Å². The van der Waals surface area contributed by atoms with Crippen LogP contribution in [0.2, 0.25) is 5.02 Å². The number of alkyl halides is 2. The van der Waals surface area contributed by atoms with E-state index >= 15 is 0 Å². The van der Waals surface area contributed by atoms with Crippen LogP contribution in [0.3, 0.4) is 0 Å². The molecular formula is C8H5ClF2O2. The first-order valence-corrected chi connectivity index (χ1v) is 3.71. The Hall–Kier alpha value is -1.16. The molecular weight excluding hydrogens is 202 g/mol. The number of hydrogen-bond acceptors (Lipinski definition) is 1. The summed E-state index contributed by atoms with van der Waals surface area (Å²) in [7, 11) is 0. The van der Waals surface area contributed by atoms with E-state index in [4.69, 9.17) is 16.7 Å². The number of hydrogen-bond donors (Lipinski definition) is 1. The molecule has 0 fully saturated rings. The average Bonchev–Trinajstić information content (AvgIpc) is 2.03. The highest BCUT2D eigenvalue weighted by Gasteiger charge is 2.12. The molecule has 1 aromatic carbocycles. The minimum absolute atomic E-state index is 0.175. The second kappa shape index (κ2) is 3.70. The Kier molecular flexibility index (Phi) is 2.83. The zero-order valence-corrected chi connectivity index (χ0v) is 7.05. The van der Waals surface area contributed by atoms with Gasteiger partial charge in [0.15, 0.2) is 0 Å². The van der Waals surface area contributed by atoms with Gasteiger partial charge in [0.25, 0.3) is 6.43 Å². The van der Waals surface area contributed by atoms with Crippen LogP contribution in [0.25, 0.3) is 0 Å². The zero-order chi connectivity index (χ0) is 10.0. The lowest BCUT2D eigenvalue weighted by atomic mass is 10.1. The molecule has 0 bridgehead atoms. The van der Waals surface area contributed by atoms with E-state index in [1.165, 1.54) is 0 Å². The molecule has 0 saturated heterocycles. The number of aromatic carboxylic acids is 1. The summed E-state index contributed by atoms with van der Waals surface area (Å²) in [5.74, 6) is -1.23. The largest absolute Gasteiger partial charge is 0.478 e. The Morgan fingerprint density at radius 1 is 1.46 bits per heavy atom. The number of carboxylic acids is 1. The highest BCUT2D eigenvalue weighted by Crippen LogP contribution is 2.24. The van der Waals surface area contributed by atoms with Gasteiger partial charge >= 0.3 is 5.97 Å². The van der Waals surface area contributed by atoms with E-state index in [0.29, 0.717) is 0 Å². The van der Waals surface area contributed by atoms with Gasteiger partial charge in [-0.05, 0) is 12.1 Å². The van der Waals surface area contributed by atoms with Gasteiger partial charge in [0, 0.05) is 5.56 Å². The molecule has 0 aromatic heterocycles. The quantitative estimate of drug-likeness (QED) is 0.808. The van der Waals surface area contributed by atoms with Crippen molar-refractivity contribution < 1.29 is 18.7 Å². The molecule has 0 aliphatic carbocycles. The SMILES string of the molecule is O=C(O)c1ccc(C(F)F)cc1Cl. The van der Waals surface area contributed by atoms with E-state index in [-0.39, 0.29) is 16.1 Å². The predicted octanol–water partition coefficient (Wildman–Crippen LogP) is 2.98. The van der Waals surface area contributed by atoms with Crippen LogP contribution in [0.15, 0.2) is 18.2 Å². The van der Waals surface area contributed by atoms with Gasteiger partial charge in [-0.1, -0.05) is 17.7 Å². The lowest BCUT2D eigenvalue weighted by Crippen LogP contribution is -1.98. The van der Waals surface area contributed by atoms with Gasteiger partial charge in [0.1, 0.15) is 0 Å². The Bertz CT molecular complexity index is 339. The van der Waals surface area contributed by atoms with Crippen molar-refractivity contribution in [1.82, 2.24) is 0 Å². The van der Waals surface area contributed by atoms with Crippen molar-refractivity contribution in [3.8, 4) is 0 Å². The molecule has 1 aromatic rings. The minimum atomic E-state index is -2.64. The smallest absolute Gasteiger partial charge is 0.337 e. The molecule has 5 heteroatoms. The highest BCUT2D eigenvalue weighted by molar-refractivity contribution is 6.33. The minimum Gasteiger partial charge on any atom is -0.478 e. The van der Waals surface area contributed by atoms with Crippen LogP contribution in [0.1, 0.15) is 22.3 Å². The van der Waals surface area contributed by atoms with Crippen LogP contribution in [-0.4, -0.2) is 11.1 Å². The highest BCUT2D eigenvalue weighted by atomic mass is 35.5. The molecule has 2 nitrogen and oxygen atoms in total. The van der Waals surface area contributed by atoms with Gasteiger partial charge in [-0.15, -0.1) is 0 Å². The van der Waals surface area contributed by atoms with Crippen molar-refractivity contribution in [3.05, 3.63) is 34.3 Å². The van der Waals surface area contributed by atoms with Gasteiger partial charge in [-0.3, -0.25) is 0 Å². The van der Waals surface area contributed by atoms with Crippen LogP contribution < -0.4 is 0 Å². The van der Waals surface area contributed by atoms with Crippen LogP contribution >= 0.6 is 11.6 Å². The van der Waals surface area contributed by atoms with Crippen LogP contribution in [0.5, 0.6) is 0 Å². The molecule has 0 aliphatic rings. The lowest BCUT2D eigenvalue weighted by Gasteiger charge is -2.02. The predicted molar refractivity (Wildman–Crippen MR) is 43.4 cm³/mol. The maximum absolute atomic E-state index is 12.1. The zero-order valence-electron chi connectivity index (χ0n) is 6.30. The fraction of sp³-hybridized carbons (Fsp3) is 0.125. The fourth-order valence-electron chi connectivity index (χ4n) is 0.841. The first-order valence-electron chi connectivity index (χ1n) is 3.33. The van der Waals surface area contributed by atoms with Gasteiger partial charge in [-0.25, -0.2) is 13.6 Å². The Balaban J connectivity index is 3.13. The van der Waals surface area contributed by atoms with Crippen molar-refractivity contribution in [1.29, 1.82) is 0 Å². The molecule has 0 atom stereocenters. The van der Waals surface area contributed by atoms with Crippen molar-refractivity contribution in [2.24, 2.45) is 0 Å². The first-order chi connectivity index (χ1) is 6.02. The van der Waals surface area contributed by atoms with E-state index in [1.807, 2.05) is 0 Å². The lowest BCUT2D eigenvalue weighted by molar-refractivity contribution is 0.0696. The summed E-state index contributed by atoms with van der Waals surface area (Å²) in [5, 5.41) is 8.35. The molecule has 0 radical (unpaired) electrons. The van der Waals surface area contributed by atoms with Gasteiger partial charge in [0.2, 0.25) is 0 Å². The van der Waals surface area contributed by atoms with Crippen molar-refractivity contribution >= 4 is 17.6 Å². The standard InChI is InChI=1S/C8H5ClF2O2/c9-6-3-4(7(10)11)1-2-5(6)8(12)13/h1-3,7H,(H,12,13). The maximum atomic E-state index is 12.1. The van der Waals surface area contributed by atoms with Gasteiger partial charge < -0.3 is 5.11 Å². The fourth-order valence-corrected chi connectivity index (χ4v) is 1.11. The summed E-state index contributed by atoms with van der Waals surface area (Å²) in [4.78, 5) is 10.4. The summed E-state index contributed by atoms with van der Waals surface area (Å²) in [5.41, 5.74) is -0.457. The summed E-state index contributed by atoms with van der Waals surface area (Å²) in [6, 6.07) is 3.06. The van der Waals surface area contributed by atoms with Gasteiger partial charge in [-0.2, -0.15) is 0 Å². The Morgan fingerprint density at radius 2 is 2.08 bits per heavy atom. The molecule has 0 unspecified atom stereocenters. The second-order valence-electron chi connectivity index (χ2n) is 2.35. The normalized spacial score (nSPS) is 10.5. The van der Waals surface area contributed by atoms with Crippen LogP contribution in [-0.2, 0) is 0 Å². The van der Waals surface area contributed by atoms with Crippen molar-refractivity contribution in [3.63, 3.8) is 0 Å². The molecule has 0 saturated carbocycles. The molecule has 1 rings (SSSR count). The topological polar surface area (TPSA) is 37.3 Å². The third-order valence-electron chi connectivity index (χ3n) is 1.48. The Morgan fingerprint density at radius 3 is 2.46 bits per heavy atom. The summed E-state index contributed by atoms with van der Waals surface area (Å²) >= 11 is 5.45.